The minimum absolute atomic E-state index is 0.0330. The van der Waals surface area contributed by atoms with Gasteiger partial charge in [-0.2, -0.15) is 0 Å². The van der Waals surface area contributed by atoms with Crippen molar-refractivity contribution in [1.82, 2.24) is 0 Å². The molecule has 8 aromatic carbocycles. The van der Waals surface area contributed by atoms with Gasteiger partial charge >= 0.3 is 0 Å². The topological polar surface area (TPSA) is 3.24 Å². The summed E-state index contributed by atoms with van der Waals surface area (Å²) in [6.45, 7) is 9.53. The van der Waals surface area contributed by atoms with Crippen molar-refractivity contribution in [3.8, 4) is 55.6 Å². The van der Waals surface area contributed by atoms with Gasteiger partial charge in [0.05, 0.1) is 5.69 Å². The highest BCUT2D eigenvalue weighted by Gasteiger charge is 2.38. The van der Waals surface area contributed by atoms with E-state index in [0.29, 0.717) is 5.92 Å². The van der Waals surface area contributed by atoms with E-state index in [-0.39, 0.29) is 10.8 Å². The van der Waals surface area contributed by atoms with E-state index in [1.165, 1.54) is 116 Å². The molecule has 0 saturated heterocycles. The third-order valence-corrected chi connectivity index (χ3v) is 14.5. The monoisotopic (exact) mass is 787 g/mol. The van der Waals surface area contributed by atoms with Crippen LogP contribution in [0, 0.1) is 0 Å². The molecule has 0 aliphatic heterocycles. The van der Waals surface area contributed by atoms with Crippen molar-refractivity contribution < 1.29 is 0 Å². The molecule has 0 bridgehead atoms. The quantitative estimate of drug-likeness (QED) is 0.155. The van der Waals surface area contributed by atoms with Crippen LogP contribution in [0.3, 0.4) is 0 Å². The van der Waals surface area contributed by atoms with Crippen LogP contribution in [0.2, 0.25) is 0 Å². The second-order valence-corrected chi connectivity index (χ2v) is 18.8. The van der Waals surface area contributed by atoms with Crippen molar-refractivity contribution in [2.24, 2.45) is 0 Å². The van der Waals surface area contributed by atoms with E-state index in [0.717, 1.165) is 17.1 Å². The van der Waals surface area contributed by atoms with Crippen LogP contribution in [-0.4, -0.2) is 0 Å². The highest BCUT2D eigenvalue weighted by molar-refractivity contribution is 5.92. The van der Waals surface area contributed by atoms with Gasteiger partial charge in [0.15, 0.2) is 0 Å². The third kappa shape index (κ3) is 6.28. The molecule has 1 saturated carbocycles. The van der Waals surface area contributed by atoms with Crippen LogP contribution in [0.15, 0.2) is 182 Å². The molecule has 0 atom stereocenters. The fraction of sp³-hybridized carbons (Fsp3) is 0.200. The average molecular weight is 788 g/mol. The van der Waals surface area contributed by atoms with Crippen molar-refractivity contribution in [2.75, 3.05) is 4.90 Å². The number of para-hydroxylation sites is 1. The molecular weight excluding hydrogens is 735 g/mol. The fourth-order valence-corrected chi connectivity index (χ4v) is 11.1. The molecule has 11 rings (SSSR count). The lowest BCUT2D eigenvalue weighted by Gasteiger charge is -2.30. The maximum Gasteiger partial charge on any atom is 0.0540 e. The van der Waals surface area contributed by atoms with Crippen LogP contribution >= 0.6 is 0 Å². The Morgan fingerprint density at radius 3 is 1.64 bits per heavy atom. The second kappa shape index (κ2) is 14.6. The van der Waals surface area contributed by atoms with Crippen molar-refractivity contribution >= 4 is 17.1 Å². The predicted octanol–water partition coefficient (Wildman–Crippen LogP) is 16.8. The number of nitrogens with zero attached hydrogens (tertiary/aromatic N) is 1. The number of hydrogen-bond acceptors (Lipinski definition) is 1. The Hall–Kier alpha value is -6.44. The van der Waals surface area contributed by atoms with Gasteiger partial charge in [0, 0.05) is 27.8 Å². The molecule has 0 unspecified atom stereocenters. The molecule has 0 radical (unpaired) electrons. The summed E-state index contributed by atoms with van der Waals surface area (Å²) >= 11 is 0. The van der Waals surface area contributed by atoms with E-state index in [4.69, 9.17) is 0 Å². The van der Waals surface area contributed by atoms with E-state index >= 15 is 0 Å². The summed E-state index contributed by atoms with van der Waals surface area (Å²) < 4.78 is 0. The minimum Gasteiger partial charge on any atom is -0.310 e. The summed E-state index contributed by atoms with van der Waals surface area (Å²) in [5, 5.41) is 0. The zero-order chi connectivity index (χ0) is 41.3. The molecule has 1 heteroatoms. The summed E-state index contributed by atoms with van der Waals surface area (Å²) in [5.41, 5.74) is 23.2. The van der Waals surface area contributed by atoms with Crippen LogP contribution in [0.5, 0.6) is 0 Å². The van der Waals surface area contributed by atoms with Gasteiger partial charge in [-0.25, -0.2) is 0 Å². The van der Waals surface area contributed by atoms with Crippen LogP contribution in [-0.2, 0) is 10.8 Å². The summed E-state index contributed by atoms with van der Waals surface area (Å²) in [5.74, 6) is 0.714. The number of rotatable bonds is 7. The maximum atomic E-state index is 2.47. The lowest BCUT2D eigenvalue weighted by atomic mass is 9.81. The number of benzene rings is 8. The van der Waals surface area contributed by atoms with Crippen LogP contribution in [0.1, 0.15) is 93.5 Å². The average Bonchev–Trinajstić information content (AvgIpc) is 3.68. The van der Waals surface area contributed by atoms with Gasteiger partial charge in [-0.15, -0.1) is 0 Å². The largest absolute Gasteiger partial charge is 0.310 e. The normalized spacial score (nSPS) is 15.7. The van der Waals surface area contributed by atoms with Crippen LogP contribution < -0.4 is 4.90 Å². The van der Waals surface area contributed by atoms with E-state index in [2.05, 4.69) is 215 Å². The predicted molar refractivity (Wildman–Crippen MR) is 258 cm³/mol. The lowest BCUT2D eigenvalue weighted by molar-refractivity contribution is 0.443. The Balaban J connectivity index is 0.980. The summed E-state index contributed by atoms with van der Waals surface area (Å²) in [4.78, 5) is 2.47. The molecule has 3 aliphatic rings. The standard InChI is InChI=1S/C60H53N/c1-59(2)54-21-13-11-20-50(54)51-34-29-46(38-56(51)59)45-30-36-55-53(37-45)52-35-33-48(39-57(52)60(55,3)4)61(58-22-14-12-19-49(58)44-17-9-6-10-18-44)47-31-27-43(28-32-47)42-25-23-41(24-26-42)40-15-7-5-8-16-40/h6,9-14,17-40H,5,7-8,15-16H2,1-4H3. The summed E-state index contributed by atoms with van der Waals surface area (Å²) in [7, 11) is 0. The molecule has 0 aromatic heterocycles. The van der Waals surface area contributed by atoms with Crippen molar-refractivity contribution in [3.05, 3.63) is 210 Å². The van der Waals surface area contributed by atoms with Gasteiger partial charge in [0.2, 0.25) is 0 Å². The van der Waals surface area contributed by atoms with Crippen molar-refractivity contribution in [2.45, 2.75) is 76.5 Å². The molecule has 61 heavy (non-hydrogen) atoms. The van der Waals surface area contributed by atoms with E-state index in [1.807, 2.05) is 0 Å². The van der Waals surface area contributed by atoms with Crippen molar-refractivity contribution in [3.63, 3.8) is 0 Å². The Bertz CT molecular complexity index is 2920. The highest BCUT2D eigenvalue weighted by Crippen LogP contribution is 2.54. The summed E-state index contributed by atoms with van der Waals surface area (Å²) in [6, 6.07) is 68.7. The zero-order valence-corrected chi connectivity index (χ0v) is 35.9. The van der Waals surface area contributed by atoms with Crippen LogP contribution in [0.4, 0.5) is 17.1 Å². The first-order chi connectivity index (χ1) is 29.8. The molecule has 8 aromatic rings. The van der Waals surface area contributed by atoms with Gasteiger partial charge < -0.3 is 4.90 Å². The van der Waals surface area contributed by atoms with Gasteiger partial charge in [-0.1, -0.05) is 186 Å². The molecule has 0 spiro atoms. The molecule has 0 N–H and O–H groups in total. The van der Waals surface area contributed by atoms with Gasteiger partial charge in [-0.05, 0) is 139 Å². The molecule has 298 valence electrons. The fourth-order valence-electron chi connectivity index (χ4n) is 11.1. The van der Waals surface area contributed by atoms with E-state index < -0.39 is 0 Å². The number of fused-ring (bicyclic) bond motifs is 6. The van der Waals surface area contributed by atoms with Crippen molar-refractivity contribution in [1.29, 1.82) is 0 Å². The Morgan fingerprint density at radius 1 is 0.361 bits per heavy atom. The molecule has 1 nitrogen and oxygen atoms in total. The molecule has 1 fully saturated rings. The molecule has 0 amide bonds. The van der Waals surface area contributed by atoms with E-state index in [1.54, 1.807) is 0 Å². The van der Waals surface area contributed by atoms with Gasteiger partial charge in [-0.3, -0.25) is 0 Å². The first kappa shape index (κ1) is 37.6. The first-order valence-corrected chi connectivity index (χ1v) is 22.4. The Kier molecular flexibility index (Phi) is 9.01. The third-order valence-electron chi connectivity index (χ3n) is 14.5. The smallest absolute Gasteiger partial charge is 0.0540 e. The second-order valence-electron chi connectivity index (χ2n) is 18.8. The minimum atomic E-state index is -0.168. The number of hydrogen-bond donors (Lipinski definition) is 0. The zero-order valence-electron chi connectivity index (χ0n) is 35.9. The summed E-state index contributed by atoms with van der Waals surface area (Å²) in [6.07, 6.45) is 6.75. The number of anilines is 3. The lowest BCUT2D eigenvalue weighted by Crippen LogP contribution is -2.17. The Labute approximate surface area is 362 Å². The van der Waals surface area contributed by atoms with Gasteiger partial charge in [0.1, 0.15) is 0 Å². The highest BCUT2D eigenvalue weighted by atomic mass is 15.1. The first-order valence-electron chi connectivity index (χ1n) is 22.4. The Morgan fingerprint density at radius 2 is 0.885 bits per heavy atom. The molecule has 0 heterocycles. The maximum absolute atomic E-state index is 2.47. The molecule has 3 aliphatic carbocycles. The van der Waals surface area contributed by atoms with E-state index in [9.17, 15) is 0 Å². The van der Waals surface area contributed by atoms with Crippen LogP contribution in [0.25, 0.3) is 55.6 Å². The van der Waals surface area contributed by atoms with Gasteiger partial charge in [0.25, 0.3) is 0 Å². The molecular formula is C60H53N. The SMILES string of the molecule is CC1(C)c2ccccc2-c2ccc(-c3ccc4c(c3)-c3ccc(N(c5ccc(-c6ccc(C7CCCCC7)cc6)cc5)c5ccccc5-c5ccccc5)cc3C4(C)C)cc21.